The van der Waals surface area contributed by atoms with Crippen molar-refractivity contribution in [2.24, 2.45) is 5.73 Å². The summed E-state index contributed by atoms with van der Waals surface area (Å²) in [7, 11) is 0. The third-order valence-electron chi connectivity index (χ3n) is 4.11. The van der Waals surface area contributed by atoms with Crippen LogP contribution < -0.4 is 20.7 Å². The molecule has 2 aromatic rings. The lowest BCUT2D eigenvalue weighted by Gasteiger charge is -2.39. The number of halogens is 2. The summed E-state index contributed by atoms with van der Waals surface area (Å²) in [5.74, 6) is -0.00386. The van der Waals surface area contributed by atoms with Gasteiger partial charge in [0.05, 0.1) is 16.8 Å². The molecular formula is C18H19Cl2N3O2. The van der Waals surface area contributed by atoms with E-state index in [1.54, 1.807) is 12.1 Å². The van der Waals surface area contributed by atoms with E-state index >= 15 is 0 Å². The molecule has 3 N–H and O–H groups in total. The molecule has 0 saturated carbocycles. The van der Waals surface area contributed by atoms with Crippen molar-refractivity contribution >= 4 is 34.8 Å². The van der Waals surface area contributed by atoms with Crippen LogP contribution in [-0.4, -0.2) is 32.1 Å². The Kier molecular flexibility index (Phi) is 5.68. The van der Waals surface area contributed by atoms with E-state index < -0.39 is 5.91 Å². The molecule has 0 radical (unpaired) electrons. The standard InChI is InChI=1S/C18H19Cl2N3O2/c19-13-3-1-12(2-4-13)17-10-22-7-8-23(17)16-6-5-14(9-15(16)20)25-11-18(21)24/h1-6,9,17,22H,7-8,10-11H2,(H2,21,24)/t17-/m0/s1. The number of nitrogens with one attached hydrogen (secondary N) is 1. The highest BCUT2D eigenvalue weighted by Gasteiger charge is 2.25. The van der Waals surface area contributed by atoms with E-state index in [1.807, 2.05) is 30.3 Å². The van der Waals surface area contributed by atoms with Gasteiger partial charge < -0.3 is 20.7 Å². The molecule has 5 nitrogen and oxygen atoms in total. The Morgan fingerprint density at radius 3 is 2.68 bits per heavy atom. The number of carbonyl (C=O) groups is 1. The number of hydrogen-bond acceptors (Lipinski definition) is 4. The average Bonchev–Trinajstić information content (AvgIpc) is 2.61. The zero-order valence-corrected chi connectivity index (χ0v) is 15.1. The zero-order valence-electron chi connectivity index (χ0n) is 13.5. The van der Waals surface area contributed by atoms with Crippen LogP contribution in [0.4, 0.5) is 5.69 Å². The molecule has 1 amide bonds. The number of ether oxygens (including phenoxy) is 1. The molecule has 7 heteroatoms. The van der Waals surface area contributed by atoms with Crippen molar-refractivity contribution in [3.8, 4) is 5.75 Å². The summed E-state index contributed by atoms with van der Waals surface area (Å²) >= 11 is 12.5. The molecule has 0 aliphatic carbocycles. The van der Waals surface area contributed by atoms with Crippen LogP contribution in [0, 0.1) is 0 Å². The second-order valence-electron chi connectivity index (χ2n) is 5.83. The van der Waals surface area contributed by atoms with Gasteiger partial charge in [0.15, 0.2) is 6.61 Å². The highest BCUT2D eigenvalue weighted by atomic mass is 35.5. The van der Waals surface area contributed by atoms with Gasteiger partial charge in [-0.05, 0) is 29.8 Å². The van der Waals surface area contributed by atoms with Gasteiger partial charge in [0, 0.05) is 30.7 Å². The number of carbonyl (C=O) groups excluding carboxylic acids is 1. The summed E-state index contributed by atoms with van der Waals surface area (Å²) in [6.07, 6.45) is 0. The van der Waals surface area contributed by atoms with Gasteiger partial charge in [0.2, 0.25) is 0 Å². The van der Waals surface area contributed by atoms with Crippen molar-refractivity contribution in [1.82, 2.24) is 5.32 Å². The Morgan fingerprint density at radius 1 is 1.24 bits per heavy atom. The van der Waals surface area contributed by atoms with Crippen LogP contribution in [0.2, 0.25) is 10.0 Å². The van der Waals surface area contributed by atoms with Gasteiger partial charge in [0.25, 0.3) is 5.91 Å². The van der Waals surface area contributed by atoms with Crippen LogP contribution in [-0.2, 0) is 4.79 Å². The summed E-state index contributed by atoms with van der Waals surface area (Å²) in [5, 5.41) is 4.71. The summed E-state index contributed by atoms with van der Waals surface area (Å²) in [5.41, 5.74) is 7.19. The van der Waals surface area contributed by atoms with Gasteiger partial charge in [-0.2, -0.15) is 0 Å². The Bertz CT molecular complexity index is 752. The number of primary amides is 1. The first-order valence-electron chi connectivity index (χ1n) is 7.98. The van der Waals surface area contributed by atoms with Gasteiger partial charge in [-0.25, -0.2) is 0 Å². The van der Waals surface area contributed by atoms with Crippen LogP contribution in [0.25, 0.3) is 0 Å². The first kappa shape index (κ1) is 17.9. The highest BCUT2D eigenvalue weighted by molar-refractivity contribution is 6.33. The Labute approximate surface area is 156 Å². The molecule has 1 atom stereocenters. The number of amides is 1. The van der Waals surface area contributed by atoms with E-state index in [4.69, 9.17) is 33.7 Å². The van der Waals surface area contributed by atoms with Crippen LogP contribution in [0.1, 0.15) is 11.6 Å². The summed E-state index contributed by atoms with van der Waals surface area (Å²) < 4.78 is 5.31. The molecule has 1 heterocycles. The largest absolute Gasteiger partial charge is 0.484 e. The molecule has 1 fully saturated rings. The normalized spacial score (nSPS) is 17.4. The lowest BCUT2D eigenvalue weighted by molar-refractivity contribution is -0.119. The van der Waals surface area contributed by atoms with Gasteiger partial charge in [-0.15, -0.1) is 0 Å². The van der Waals surface area contributed by atoms with Crippen molar-refractivity contribution in [3.05, 3.63) is 58.1 Å². The minimum Gasteiger partial charge on any atom is -0.484 e. The van der Waals surface area contributed by atoms with Crippen LogP contribution in [0.15, 0.2) is 42.5 Å². The molecule has 3 rings (SSSR count). The quantitative estimate of drug-likeness (QED) is 0.837. The maximum atomic E-state index is 10.8. The maximum Gasteiger partial charge on any atom is 0.255 e. The number of nitrogens with two attached hydrogens (primary N) is 1. The van der Waals surface area contributed by atoms with Gasteiger partial charge >= 0.3 is 0 Å². The number of piperazine rings is 1. The van der Waals surface area contributed by atoms with E-state index in [-0.39, 0.29) is 12.6 Å². The number of anilines is 1. The Morgan fingerprint density at radius 2 is 2.00 bits per heavy atom. The highest BCUT2D eigenvalue weighted by Crippen LogP contribution is 2.36. The number of benzene rings is 2. The number of hydrogen-bond donors (Lipinski definition) is 2. The van der Waals surface area contributed by atoms with Crippen molar-refractivity contribution in [1.29, 1.82) is 0 Å². The Hall–Kier alpha value is -1.95. The molecule has 0 unspecified atom stereocenters. The maximum absolute atomic E-state index is 10.8. The molecule has 1 saturated heterocycles. The fraction of sp³-hybridized carbons (Fsp3) is 0.278. The molecule has 0 spiro atoms. The van der Waals surface area contributed by atoms with E-state index in [0.717, 1.165) is 25.3 Å². The van der Waals surface area contributed by atoms with E-state index in [2.05, 4.69) is 10.2 Å². The summed E-state index contributed by atoms with van der Waals surface area (Å²) in [4.78, 5) is 13.1. The fourth-order valence-electron chi connectivity index (χ4n) is 2.94. The van der Waals surface area contributed by atoms with Gasteiger partial charge in [-0.1, -0.05) is 35.3 Å². The molecule has 1 aliphatic rings. The van der Waals surface area contributed by atoms with E-state index in [9.17, 15) is 4.79 Å². The second kappa shape index (κ2) is 7.95. The molecule has 1 aliphatic heterocycles. The predicted molar refractivity (Wildman–Crippen MR) is 101 cm³/mol. The van der Waals surface area contributed by atoms with Gasteiger partial charge in [-0.3, -0.25) is 4.79 Å². The zero-order chi connectivity index (χ0) is 17.8. The first-order chi connectivity index (χ1) is 12.0. The minimum atomic E-state index is -0.523. The van der Waals surface area contributed by atoms with Crippen LogP contribution in [0.5, 0.6) is 5.75 Å². The smallest absolute Gasteiger partial charge is 0.255 e. The lowest BCUT2D eigenvalue weighted by atomic mass is 10.0. The van der Waals surface area contributed by atoms with Crippen LogP contribution >= 0.6 is 23.2 Å². The van der Waals surface area contributed by atoms with Crippen molar-refractivity contribution in [2.45, 2.75) is 6.04 Å². The Balaban J connectivity index is 1.84. The molecule has 0 bridgehead atoms. The third-order valence-corrected chi connectivity index (χ3v) is 4.66. The number of nitrogens with zero attached hydrogens (tertiary/aromatic N) is 1. The molecule has 132 valence electrons. The molecule has 2 aromatic carbocycles. The van der Waals surface area contributed by atoms with Crippen molar-refractivity contribution in [3.63, 3.8) is 0 Å². The summed E-state index contributed by atoms with van der Waals surface area (Å²) in [6, 6.07) is 13.4. The summed E-state index contributed by atoms with van der Waals surface area (Å²) in [6.45, 7) is 2.35. The topological polar surface area (TPSA) is 67.6 Å². The predicted octanol–water partition coefficient (Wildman–Crippen LogP) is 3.01. The van der Waals surface area contributed by atoms with Crippen molar-refractivity contribution in [2.75, 3.05) is 31.1 Å². The first-order valence-corrected chi connectivity index (χ1v) is 8.73. The van der Waals surface area contributed by atoms with Gasteiger partial charge in [0.1, 0.15) is 5.75 Å². The monoisotopic (exact) mass is 379 g/mol. The molecular weight excluding hydrogens is 361 g/mol. The van der Waals surface area contributed by atoms with E-state index in [1.165, 1.54) is 5.56 Å². The third kappa shape index (κ3) is 4.37. The number of rotatable bonds is 5. The van der Waals surface area contributed by atoms with E-state index in [0.29, 0.717) is 15.8 Å². The van der Waals surface area contributed by atoms with Crippen molar-refractivity contribution < 1.29 is 9.53 Å². The molecule has 25 heavy (non-hydrogen) atoms. The molecule has 0 aromatic heterocycles. The average molecular weight is 380 g/mol. The fourth-order valence-corrected chi connectivity index (χ4v) is 3.35. The lowest BCUT2D eigenvalue weighted by Crippen LogP contribution is -2.46. The van der Waals surface area contributed by atoms with Crippen LogP contribution in [0.3, 0.4) is 0 Å². The second-order valence-corrected chi connectivity index (χ2v) is 6.68. The SMILES string of the molecule is NC(=O)COc1ccc(N2CCNC[C@H]2c2ccc(Cl)cc2)c(Cl)c1. The minimum absolute atomic E-state index is 0.154.